The molecule has 0 amide bonds. The van der Waals surface area contributed by atoms with Gasteiger partial charge in [0, 0.05) is 6.04 Å². The molecule has 1 aromatic heterocycles. The summed E-state index contributed by atoms with van der Waals surface area (Å²) in [6.45, 7) is 4.72. The molecule has 17 heavy (non-hydrogen) atoms. The maximum atomic E-state index is 5.02. The Bertz CT molecular complexity index is 320. The van der Waals surface area contributed by atoms with E-state index in [1.54, 1.807) is 0 Å². The van der Waals surface area contributed by atoms with E-state index in [0.29, 0.717) is 18.3 Å². The Morgan fingerprint density at radius 1 is 1.47 bits per heavy atom. The molecule has 1 aromatic rings. The Kier molecular flexibility index (Phi) is 4.94. The van der Waals surface area contributed by atoms with Gasteiger partial charge in [0.25, 0.3) is 0 Å². The normalized spacial score (nSPS) is 20.6. The highest BCUT2D eigenvalue weighted by atomic mass is 16.5. The van der Waals surface area contributed by atoms with Crippen LogP contribution in [-0.4, -0.2) is 29.3 Å². The molecule has 1 fully saturated rings. The summed E-state index contributed by atoms with van der Waals surface area (Å²) < 4.78 is 5.02. The molecule has 0 aliphatic carbocycles. The quantitative estimate of drug-likeness (QED) is 0.733. The Hall–Kier alpha value is -0.940. The Labute approximate surface area is 102 Å². The molecule has 0 radical (unpaired) electrons. The number of nitrogens with one attached hydrogen (secondary N) is 2. The van der Waals surface area contributed by atoms with E-state index >= 15 is 0 Å². The summed E-state index contributed by atoms with van der Waals surface area (Å²) in [4.78, 5) is 4.15. The van der Waals surface area contributed by atoms with E-state index < -0.39 is 0 Å². The average Bonchev–Trinajstić information content (AvgIpc) is 2.76. The van der Waals surface area contributed by atoms with Crippen LogP contribution in [0.4, 0.5) is 0 Å². The third-order valence-electron chi connectivity index (χ3n) is 3.16. The van der Waals surface area contributed by atoms with Crippen molar-refractivity contribution in [1.82, 2.24) is 20.8 Å². The molecule has 1 aliphatic heterocycles. The smallest absolute Gasteiger partial charge is 0.240 e. The second-order valence-electron chi connectivity index (χ2n) is 4.70. The number of piperidine rings is 1. The fourth-order valence-electron chi connectivity index (χ4n) is 2.25. The molecular weight excluding hydrogens is 216 g/mol. The highest BCUT2D eigenvalue weighted by Gasteiger charge is 2.11. The van der Waals surface area contributed by atoms with Crippen LogP contribution in [0.3, 0.4) is 0 Å². The van der Waals surface area contributed by atoms with Crippen LogP contribution in [0.25, 0.3) is 0 Å². The van der Waals surface area contributed by atoms with Crippen molar-refractivity contribution in [2.75, 3.05) is 13.1 Å². The second kappa shape index (κ2) is 6.71. The molecule has 0 bridgehead atoms. The SMILES string of the molecule is Cc1noc(CNCCCC2CCCCN2)n1. The molecule has 0 saturated carbocycles. The van der Waals surface area contributed by atoms with Gasteiger partial charge in [0.05, 0.1) is 6.54 Å². The molecule has 0 aromatic carbocycles. The van der Waals surface area contributed by atoms with Crippen LogP contribution in [0.1, 0.15) is 43.8 Å². The molecular formula is C12H22N4O. The van der Waals surface area contributed by atoms with Gasteiger partial charge in [0.15, 0.2) is 5.82 Å². The zero-order valence-corrected chi connectivity index (χ0v) is 10.5. The number of rotatable bonds is 6. The lowest BCUT2D eigenvalue weighted by atomic mass is 10.0. The zero-order valence-electron chi connectivity index (χ0n) is 10.5. The van der Waals surface area contributed by atoms with E-state index in [-0.39, 0.29) is 0 Å². The Balaban J connectivity index is 1.51. The molecule has 5 heteroatoms. The first-order valence-electron chi connectivity index (χ1n) is 6.58. The van der Waals surface area contributed by atoms with Crippen molar-refractivity contribution in [3.05, 3.63) is 11.7 Å². The summed E-state index contributed by atoms with van der Waals surface area (Å²) in [6, 6.07) is 0.733. The lowest BCUT2D eigenvalue weighted by molar-refractivity contribution is 0.355. The van der Waals surface area contributed by atoms with Gasteiger partial charge in [-0.2, -0.15) is 4.98 Å². The van der Waals surface area contributed by atoms with Crippen LogP contribution < -0.4 is 10.6 Å². The summed E-state index contributed by atoms with van der Waals surface area (Å²) in [5.41, 5.74) is 0. The second-order valence-corrected chi connectivity index (χ2v) is 4.70. The molecule has 2 rings (SSSR count). The van der Waals surface area contributed by atoms with E-state index in [2.05, 4.69) is 20.8 Å². The molecule has 96 valence electrons. The van der Waals surface area contributed by atoms with Crippen molar-refractivity contribution in [3.63, 3.8) is 0 Å². The van der Waals surface area contributed by atoms with Crippen molar-refractivity contribution >= 4 is 0 Å². The van der Waals surface area contributed by atoms with Gasteiger partial charge in [-0.05, 0) is 45.7 Å². The number of aryl methyl sites for hydroxylation is 1. The molecule has 1 unspecified atom stereocenters. The molecule has 1 aliphatic rings. The van der Waals surface area contributed by atoms with E-state index in [1.807, 2.05) is 6.92 Å². The van der Waals surface area contributed by atoms with Crippen molar-refractivity contribution in [2.24, 2.45) is 0 Å². The Morgan fingerprint density at radius 3 is 3.12 bits per heavy atom. The van der Waals surface area contributed by atoms with Crippen LogP contribution in [0.2, 0.25) is 0 Å². The molecule has 5 nitrogen and oxygen atoms in total. The number of hydrogen-bond donors (Lipinski definition) is 2. The van der Waals surface area contributed by atoms with E-state index in [4.69, 9.17) is 4.52 Å². The summed E-state index contributed by atoms with van der Waals surface area (Å²) in [5, 5.41) is 10.6. The lowest BCUT2D eigenvalue weighted by Crippen LogP contribution is -2.34. The van der Waals surface area contributed by atoms with Crippen LogP contribution in [0.15, 0.2) is 4.52 Å². The van der Waals surface area contributed by atoms with Gasteiger partial charge in [-0.3, -0.25) is 0 Å². The zero-order chi connectivity index (χ0) is 11.9. The van der Waals surface area contributed by atoms with Gasteiger partial charge < -0.3 is 15.2 Å². The van der Waals surface area contributed by atoms with Crippen molar-refractivity contribution in [1.29, 1.82) is 0 Å². The van der Waals surface area contributed by atoms with Crippen molar-refractivity contribution < 1.29 is 4.52 Å². The number of aromatic nitrogens is 2. The highest BCUT2D eigenvalue weighted by Crippen LogP contribution is 2.11. The fraction of sp³-hybridized carbons (Fsp3) is 0.833. The first-order valence-corrected chi connectivity index (χ1v) is 6.58. The highest BCUT2D eigenvalue weighted by molar-refractivity contribution is 4.81. The maximum Gasteiger partial charge on any atom is 0.240 e. The summed E-state index contributed by atoms with van der Waals surface area (Å²) in [7, 11) is 0. The lowest BCUT2D eigenvalue weighted by Gasteiger charge is -2.23. The largest absolute Gasteiger partial charge is 0.338 e. The van der Waals surface area contributed by atoms with Gasteiger partial charge in [-0.1, -0.05) is 11.6 Å². The third kappa shape index (κ3) is 4.44. The van der Waals surface area contributed by atoms with Crippen molar-refractivity contribution in [3.8, 4) is 0 Å². The monoisotopic (exact) mass is 238 g/mol. The molecule has 1 atom stereocenters. The first kappa shape index (κ1) is 12.5. The summed E-state index contributed by atoms with van der Waals surface area (Å²) in [5.74, 6) is 1.38. The Morgan fingerprint density at radius 2 is 2.41 bits per heavy atom. The summed E-state index contributed by atoms with van der Waals surface area (Å²) in [6.07, 6.45) is 6.52. The molecule has 1 saturated heterocycles. The fourth-order valence-corrected chi connectivity index (χ4v) is 2.25. The summed E-state index contributed by atoms with van der Waals surface area (Å²) >= 11 is 0. The van der Waals surface area contributed by atoms with Gasteiger partial charge >= 0.3 is 0 Å². The van der Waals surface area contributed by atoms with Gasteiger partial charge in [0.1, 0.15) is 0 Å². The van der Waals surface area contributed by atoms with E-state index in [0.717, 1.165) is 12.6 Å². The van der Waals surface area contributed by atoms with E-state index in [9.17, 15) is 0 Å². The number of nitrogens with zero attached hydrogens (tertiary/aromatic N) is 2. The predicted octanol–water partition coefficient (Wildman–Crippen LogP) is 1.39. The van der Waals surface area contributed by atoms with Crippen LogP contribution in [-0.2, 0) is 6.54 Å². The maximum absolute atomic E-state index is 5.02. The van der Waals surface area contributed by atoms with Crippen molar-refractivity contribution in [2.45, 2.75) is 51.6 Å². The van der Waals surface area contributed by atoms with E-state index in [1.165, 1.54) is 38.6 Å². The van der Waals surface area contributed by atoms with Crippen LogP contribution in [0.5, 0.6) is 0 Å². The minimum atomic E-state index is 0.679. The van der Waals surface area contributed by atoms with Crippen LogP contribution in [0, 0.1) is 6.92 Å². The van der Waals surface area contributed by atoms with Crippen LogP contribution >= 0.6 is 0 Å². The molecule has 2 heterocycles. The number of hydrogen-bond acceptors (Lipinski definition) is 5. The topological polar surface area (TPSA) is 63.0 Å². The predicted molar refractivity (Wildman–Crippen MR) is 65.6 cm³/mol. The molecule has 2 N–H and O–H groups in total. The minimum Gasteiger partial charge on any atom is -0.338 e. The molecule has 0 spiro atoms. The minimum absolute atomic E-state index is 0.679. The third-order valence-corrected chi connectivity index (χ3v) is 3.16. The van der Waals surface area contributed by atoms with Gasteiger partial charge in [-0.25, -0.2) is 0 Å². The standard InChI is InChI=1S/C12H22N4O/c1-10-15-12(17-16-10)9-13-7-4-6-11-5-2-3-8-14-11/h11,13-14H,2-9H2,1H3. The van der Waals surface area contributed by atoms with Gasteiger partial charge in [0.2, 0.25) is 5.89 Å². The van der Waals surface area contributed by atoms with Gasteiger partial charge in [-0.15, -0.1) is 0 Å². The average molecular weight is 238 g/mol. The first-order chi connectivity index (χ1) is 8.34.